The van der Waals surface area contributed by atoms with E-state index >= 15 is 0 Å². The van der Waals surface area contributed by atoms with E-state index in [2.05, 4.69) is 15.3 Å². The van der Waals surface area contributed by atoms with E-state index in [1.54, 1.807) is 0 Å². The molecule has 0 aliphatic carbocycles. The van der Waals surface area contributed by atoms with Gasteiger partial charge in [-0.2, -0.15) is 0 Å². The van der Waals surface area contributed by atoms with E-state index in [0.29, 0.717) is 6.42 Å². The zero-order chi connectivity index (χ0) is 14.9. The van der Waals surface area contributed by atoms with Gasteiger partial charge in [0.25, 0.3) is 0 Å². The van der Waals surface area contributed by atoms with Gasteiger partial charge in [-0.05, 0) is 6.42 Å². The summed E-state index contributed by atoms with van der Waals surface area (Å²) in [7, 11) is 0.825. The van der Waals surface area contributed by atoms with Crippen LogP contribution < -0.4 is 10.2 Å². The lowest BCUT2D eigenvalue weighted by Gasteiger charge is -2.25. The summed E-state index contributed by atoms with van der Waals surface area (Å²) in [4.78, 5) is 10.9. The Bertz CT molecular complexity index is 586. The molecule has 0 saturated carbocycles. The molecule has 7 heteroatoms. The van der Waals surface area contributed by atoms with Crippen LogP contribution in [0.1, 0.15) is 32.0 Å². The summed E-state index contributed by atoms with van der Waals surface area (Å²) in [6.45, 7) is 4.08. The average Bonchev–Trinajstić information content (AvgIpc) is 2.77. The van der Waals surface area contributed by atoms with E-state index < -0.39 is 9.84 Å². The van der Waals surface area contributed by atoms with Gasteiger partial charge in [-0.1, -0.05) is 13.8 Å². The van der Waals surface area contributed by atoms with Crippen LogP contribution in [0.25, 0.3) is 0 Å². The average molecular weight is 298 g/mol. The molecule has 1 N–H and O–H groups in total. The van der Waals surface area contributed by atoms with E-state index in [-0.39, 0.29) is 23.5 Å². The van der Waals surface area contributed by atoms with Gasteiger partial charge in [0.05, 0.1) is 11.5 Å². The molecule has 1 aromatic rings. The van der Waals surface area contributed by atoms with E-state index in [9.17, 15) is 8.42 Å². The molecule has 1 aromatic heterocycles. The maximum atomic E-state index is 11.6. The van der Waals surface area contributed by atoms with Crippen LogP contribution in [0.5, 0.6) is 0 Å². The maximum absolute atomic E-state index is 11.6. The van der Waals surface area contributed by atoms with Gasteiger partial charge in [0.15, 0.2) is 9.84 Å². The molecule has 20 heavy (non-hydrogen) atoms. The Morgan fingerprint density at radius 1 is 1.40 bits per heavy atom. The molecular weight excluding hydrogens is 276 g/mol. The molecule has 0 amide bonds. The van der Waals surface area contributed by atoms with Gasteiger partial charge < -0.3 is 10.2 Å². The highest BCUT2D eigenvalue weighted by Gasteiger charge is 2.31. The first-order valence-electron chi connectivity index (χ1n) is 6.82. The first kappa shape index (κ1) is 15.0. The SMILES string of the molecule is CNc1cc(N(C)C2CCS(=O)(=O)C2)nc(C(C)C)n1. The summed E-state index contributed by atoms with van der Waals surface area (Å²) in [5.41, 5.74) is 0. The number of nitrogens with one attached hydrogen (secondary N) is 1. The van der Waals surface area contributed by atoms with Crippen molar-refractivity contribution in [3.63, 3.8) is 0 Å². The number of sulfone groups is 1. The van der Waals surface area contributed by atoms with Crippen molar-refractivity contribution < 1.29 is 8.42 Å². The molecule has 2 rings (SSSR count). The second kappa shape index (κ2) is 5.55. The predicted molar refractivity (Wildman–Crippen MR) is 81.1 cm³/mol. The van der Waals surface area contributed by atoms with E-state index in [1.165, 1.54) is 0 Å². The minimum atomic E-state index is -2.89. The van der Waals surface area contributed by atoms with Gasteiger partial charge in [0.2, 0.25) is 0 Å². The zero-order valence-corrected chi connectivity index (χ0v) is 13.2. The molecule has 1 atom stereocenters. The Labute approximate surface area is 120 Å². The first-order chi connectivity index (χ1) is 9.32. The summed E-state index contributed by atoms with van der Waals surface area (Å²) in [5.74, 6) is 2.99. The molecule has 0 bridgehead atoms. The third kappa shape index (κ3) is 3.20. The third-order valence-electron chi connectivity index (χ3n) is 3.62. The summed E-state index contributed by atoms with van der Waals surface area (Å²) >= 11 is 0. The highest BCUT2D eigenvalue weighted by molar-refractivity contribution is 7.91. The number of nitrogens with zero attached hydrogens (tertiary/aromatic N) is 3. The normalized spacial score (nSPS) is 21.1. The Morgan fingerprint density at radius 3 is 2.60 bits per heavy atom. The fourth-order valence-corrected chi connectivity index (χ4v) is 4.06. The van der Waals surface area contributed by atoms with E-state index in [1.807, 2.05) is 38.9 Å². The molecule has 1 unspecified atom stereocenters. The molecule has 1 saturated heterocycles. The number of hydrogen-bond donors (Lipinski definition) is 1. The number of anilines is 2. The second-order valence-corrected chi connectivity index (χ2v) is 7.77. The Morgan fingerprint density at radius 2 is 2.10 bits per heavy atom. The predicted octanol–water partition coefficient (Wildman–Crippen LogP) is 1.26. The minimum Gasteiger partial charge on any atom is -0.373 e. The van der Waals surface area contributed by atoms with Crippen molar-refractivity contribution in [1.29, 1.82) is 0 Å². The Balaban J connectivity index is 2.29. The van der Waals surface area contributed by atoms with E-state index in [4.69, 9.17) is 0 Å². The summed E-state index contributed by atoms with van der Waals surface area (Å²) < 4.78 is 23.2. The highest BCUT2D eigenvalue weighted by atomic mass is 32.2. The Kier molecular flexibility index (Phi) is 4.17. The molecule has 0 spiro atoms. The van der Waals surface area contributed by atoms with E-state index in [0.717, 1.165) is 17.5 Å². The molecule has 2 heterocycles. The van der Waals surface area contributed by atoms with Crippen molar-refractivity contribution in [2.75, 3.05) is 35.8 Å². The van der Waals surface area contributed by atoms with Gasteiger partial charge in [-0.15, -0.1) is 0 Å². The lowest BCUT2D eigenvalue weighted by Crippen LogP contribution is -2.33. The molecule has 1 fully saturated rings. The molecule has 1 aliphatic heterocycles. The van der Waals surface area contributed by atoms with Crippen molar-refractivity contribution in [3.8, 4) is 0 Å². The monoisotopic (exact) mass is 298 g/mol. The van der Waals surface area contributed by atoms with Gasteiger partial charge >= 0.3 is 0 Å². The Hall–Kier alpha value is -1.37. The minimum absolute atomic E-state index is 0.000353. The van der Waals surface area contributed by atoms with Crippen LogP contribution in [0.15, 0.2) is 6.07 Å². The standard InChI is InChI=1S/C13H22N4O2S/c1-9(2)13-15-11(14-3)7-12(16-13)17(4)10-5-6-20(18,19)8-10/h7,9-10H,5-6,8H2,1-4H3,(H,14,15,16). The van der Waals surface area contributed by atoms with Crippen LogP contribution in [-0.2, 0) is 9.84 Å². The van der Waals surface area contributed by atoms with Crippen molar-refractivity contribution >= 4 is 21.5 Å². The molecular formula is C13H22N4O2S. The van der Waals surface area contributed by atoms with Crippen LogP contribution in [0.4, 0.5) is 11.6 Å². The topological polar surface area (TPSA) is 75.2 Å². The fraction of sp³-hybridized carbons (Fsp3) is 0.692. The van der Waals surface area contributed by atoms with Crippen molar-refractivity contribution in [3.05, 3.63) is 11.9 Å². The molecule has 6 nitrogen and oxygen atoms in total. The van der Waals surface area contributed by atoms with Gasteiger partial charge in [-0.3, -0.25) is 0 Å². The fourth-order valence-electron chi connectivity index (χ4n) is 2.29. The smallest absolute Gasteiger partial charge is 0.152 e. The molecule has 0 radical (unpaired) electrons. The van der Waals surface area contributed by atoms with Gasteiger partial charge in [0, 0.05) is 32.1 Å². The molecule has 112 valence electrons. The number of rotatable bonds is 4. The molecule has 1 aliphatic rings. The first-order valence-corrected chi connectivity index (χ1v) is 8.64. The largest absolute Gasteiger partial charge is 0.373 e. The lowest BCUT2D eigenvalue weighted by molar-refractivity contribution is 0.600. The zero-order valence-electron chi connectivity index (χ0n) is 12.4. The van der Waals surface area contributed by atoms with Gasteiger partial charge in [-0.25, -0.2) is 18.4 Å². The molecule has 0 aromatic carbocycles. The summed E-state index contributed by atoms with van der Waals surface area (Å²) in [5, 5.41) is 3.03. The maximum Gasteiger partial charge on any atom is 0.152 e. The van der Waals surface area contributed by atoms with Crippen molar-refractivity contribution in [2.45, 2.75) is 32.2 Å². The van der Waals surface area contributed by atoms with Crippen molar-refractivity contribution in [2.24, 2.45) is 0 Å². The van der Waals surface area contributed by atoms with Gasteiger partial charge in [0.1, 0.15) is 17.5 Å². The number of aromatic nitrogens is 2. The summed E-state index contributed by atoms with van der Waals surface area (Å²) in [6.07, 6.45) is 0.661. The van der Waals surface area contributed by atoms with Crippen LogP contribution in [0.2, 0.25) is 0 Å². The lowest BCUT2D eigenvalue weighted by atomic mass is 10.2. The second-order valence-electron chi connectivity index (χ2n) is 5.54. The van der Waals surface area contributed by atoms with Crippen LogP contribution >= 0.6 is 0 Å². The van der Waals surface area contributed by atoms with Crippen LogP contribution in [-0.4, -0.2) is 50.0 Å². The quantitative estimate of drug-likeness (QED) is 0.902. The van der Waals surface area contributed by atoms with Crippen LogP contribution in [0.3, 0.4) is 0 Å². The van der Waals surface area contributed by atoms with Crippen molar-refractivity contribution in [1.82, 2.24) is 9.97 Å². The third-order valence-corrected chi connectivity index (χ3v) is 5.37. The summed E-state index contributed by atoms with van der Waals surface area (Å²) in [6, 6.07) is 1.86. The number of hydrogen-bond acceptors (Lipinski definition) is 6. The highest BCUT2D eigenvalue weighted by Crippen LogP contribution is 2.24. The van der Waals surface area contributed by atoms with Crippen LogP contribution in [0, 0.1) is 0 Å².